The van der Waals surface area contributed by atoms with E-state index in [1.807, 2.05) is 12.2 Å². The molecule has 1 aliphatic rings. The van der Waals surface area contributed by atoms with E-state index in [1.165, 1.54) is 11.1 Å². The smallest absolute Gasteiger partial charge is 0.0175 e. The number of hydrogen-bond donors (Lipinski definition) is 1. The molecule has 0 aliphatic heterocycles. The molecule has 0 unspecified atom stereocenters. The number of hydrogen-bond acceptors (Lipinski definition) is 1. The van der Waals surface area contributed by atoms with Gasteiger partial charge < -0.3 is 5.73 Å². The van der Waals surface area contributed by atoms with Crippen LogP contribution < -0.4 is 5.73 Å². The first-order chi connectivity index (χ1) is 6.77. The Morgan fingerprint density at radius 3 is 3.00 bits per heavy atom. The van der Waals surface area contributed by atoms with Crippen LogP contribution in [-0.4, -0.2) is 6.54 Å². The third-order valence-corrected chi connectivity index (χ3v) is 2.26. The number of rotatable bonds is 4. The summed E-state index contributed by atoms with van der Waals surface area (Å²) in [5.41, 5.74) is 9.14. The molecule has 1 rings (SSSR count). The van der Waals surface area contributed by atoms with Crippen LogP contribution in [0.5, 0.6) is 0 Å². The van der Waals surface area contributed by atoms with Gasteiger partial charge in [-0.05, 0) is 29.6 Å². The summed E-state index contributed by atoms with van der Waals surface area (Å²) < 4.78 is 0. The van der Waals surface area contributed by atoms with Gasteiger partial charge in [0.25, 0.3) is 0 Å². The molecule has 0 saturated carbocycles. The van der Waals surface area contributed by atoms with Gasteiger partial charge in [0.05, 0.1) is 0 Å². The van der Waals surface area contributed by atoms with Crippen LogP contribution in [0.1, 0.15) is 12.8 Å². The maximum Gasteiger partial charge on any atom is 0.0175 e. The van der Waals surface area contributed by atoms with E-state index in [0.29, 0.717) is 6.54 Å². The second-order valence-corrected chi connectivity index (χ2v) is 3.31. The van der Waals surface area contributed by atoms with Gasteiger partial charge in [0.2, 0.25) is 0 Å². The molecule has 14 heavy (non-hydrogen) atoms. The quantitative estimate of drug-likeness (QED) is 0.673. The zero-order valence-electron chi connectivity index (χ0n) is 8.50. The average molecular weight is 187 g/mol. The lowest BCUT2D eigenvalue weighted by molar-refractivity contribution is 0.948. The van der Waals surface area contributed by atoms with Gasteiger partial charge >= 0.3 is 0 Å². The summed E-state index contributed by atoms with van der Waals surface area (Å²) in [5.74, 6) is 0. The molecule has 0 saturated heterocycles. The van der Waals surface area contributed by atoms with Crippen molar-refractivity contribution in [2.75, 3.05) is 6.54 Å². The molecule has 1 heteroatoms. The van der Waals surface area contributed by atoms with E-state index in [4.69, 9.17) is 5.73 Å². The Bertz CT molecular complexity index is 316. The van der Waals surface area contributed by atoms with Crippen LogP contribution in [0.15, 0.2) is 60.3 Å². The first-order valence-corrected chi connectivity index (χ1v) is 4.86. The summed E-state index contributed by atoms with van der Waals surface area (Å²) in [7, 11) is 0. The lowest BCUT2D eigenvalue weighted by Crippen LogP contribution is -2.04. The largest absolute Gasteiger partial charge is 0.327 e. The average Bonchev–Trinajstić information content (AvgIpc) is 2.26. The van der Waals surface area contributed by atoms with Crippen molar-refractivity contribution in [3.63, 3.8) is 0 Å². The minimum absolute atomic E-state index is 0.613. The van der Waals surface area contributed by atoms with E-state index in [2.05, 4.69) is 25.3 Å². The number of allylic oxidation sites excluding steroid dienone is 6. The standard InChI is InChI=1S/C13H17N/c1-3-4-6-11(2)13-8-5-7-12(9-13)10-14/h3-4,6-7,9H,1-2,5,8,10,14H2/b6-4-. The van der Waals surface area contributed by atoms with E-state index in [0.717, 1.165) is 18.4 Å². The molecule has 0 bridgehead atoms. The maximum absolute atomic E-state index is 5.59. The molecule has 0 spiro atoms. The molecule has 0 amide bonds. The minimum atomic E-state index is 0.613. The van der Waals surface area contributed by atoms with Crippen molar-refractivity contribution < 1.29 is 0 Å². The van der Waals surface area contributed by atoms with Gasteiger partial charge in [0.1, 0.15) is 0 Å². The molecular formula is C13H17N. The molecule has 0 radical (unpaired) electrons. The van der Waals surface area contributed by atoms with Gasteiger partial charge in [-0.1, -0.05) is 43.5 Å². The fourth-order valence-electron chi connectivity index (χ4n) is 1.45. The Labute approximate surface area is 86.0 Å². The van der Waals surface area contributed by atoms with Crippen molar-refractivity contribution >= 4 is 0 Å². The molecule has 0 fully saturated rings. The van der Waals surface area contributed by atoms with Gasteiger partial charge in [-0.3, -0.25) is 0 Å². The minimum Gasteiger partial charge on any atom is -0.327 e. The molecule has 0 aromatic rings. The van der Waals surface area contributed by atoms with Gasteiger partial charge in [0, 0.05) is 6.54 Å². The van der Waals surface area contributed by atoms with Crippen molar-refractivity contribution in [3.05, 3.63) is 60.3 Å². The SMILES string of the molecule is C=C/C=C\C(=C)C1=CC(CN)=CCC1. The van der Waals surface area contributed by atoms with Crippen LogP contribution in [0.4, 0.5) is 0 Å². The van der Waals surface area contributed by atoms with Gasteiger partial charge in [-0.2, -0.15) is 0 Å². The Morgan fingerprint density at radius 1 is 1.57 bits per heavy atom. The van der Waals surface area contributed by atoms with Crippen LogP contribution in [0, 0.1) is 0 Å². The predicted molar refractivity (Wildman–Crippen MR) is 62.9 cm³/mol. The van der Waals surface area contributed by atoms with Crippen LogP contribution in [-0.2, 0) is 0 Å². The van der Waals surface area contributed by atoms with Crippen LogP contribution in [0.3, 0.4) is 0 Å². The third-order valence-electron chi connectivity index (χ3n) is 2.26. The molecule has 0 aromatic heterocycles. The van der Waals surface area contributed by atoms with Crippen molar-refractivity contribution in [3.8, 4) is 0 Å². The highest BCUT2D eigenvalue weighted by atomic mass is 14.5. The van der Waals surface area contributed by atoms with Crippen molar-refractivity contribution in [2.45, 2.75) is 12.8 Å². The Kier molecular flexibility index (Phi) is 4.14. The van der Waals surface area contributed by atoms with Gasteiger partial charge in [0.15, 0.2) is 0 Å². The van der Waals surface area contributed by atoms with Crippen LogP contribution >= 0.6 is 0 Å². The molecular weight excluding hydrogens is 170 g/mol. The Balaban J connectivity index is 2.73. The zero-order valence-corrected chi connectivity index (χ0v) is 8.50. The van der Waals surface area contributed by atoms with Gasteiger partial charge in [-0.15, -0.1) is 0 Å². The molecule has 74 valence electrons. The van der Waals surface area contributed by atoms with E-state index in [1.54, 1.807) is 6.08 Å². The molecule has 0 atom stereocenters. The maximum atomic E-state index is 5.59. The fraction of sp³-hybridized carbons (Fsp3) is 0.231. The second-order valence-electron chi connectivity index (χ2n) is 3.31. The fourth-order valence-corrected chi connectivity index (χ4v) is 1.45. The van der Waals surface area contributed by atoms with Crippen molar-refractivity contribution in [1.29, 1.82) is 0 Å². The number of nitrogens with two attached hydrogens (primary N) is 1. The normalized spacial score (nSPS) is 16.4. The highest BCUT2D eigenvalue weighted by molar-refractivity contribution is 5.44. The monoisotopic (exact) mass is 187 g/mol. The summed E-state index contributed by atoms with van der Waals surface area (Å²) in [6, 6.07) is 0. The van der Waals surface area contributed by atoms with E-state index >= 15 is 0 Å². The van der Waals surface area contributed by atoms with E-state index in [-0.39, 0.29) is 0 Å². The highest BCUT2D eigenvalue weighted by Crippen LogP contribution is 2.22. The van der Waals surface area contributed by atoms with Crippen LogP contribution in [0.25, 0.3) is 0 Å². The highest BCUT2D eigenvalue weighted by Gasteiger charge is 2.05. The zero-order chi connectivity index (χ0) is 10.4. The van der Waals surface area contributed by atoms with Crippen LogP contribution in [0.2, 0.25) is 0 Å². The summed E-state index contributed by atoms with van der Waals surface area (Å²) in [4.78, 5) is 0. The summed E-state index contributed by atoms with van der Waals surface area (Å²) in [6.07, 6.45) is 12.1. The molecule has 0 aromatic carbocycles. The topological polar surface area (TPSA) is 26.0 Å². The third kappa shape index (κ3) is 2.86. The summed E-state index contributed by atoms with van der Waals surface area (Å²) in [6.45, 7) is 8.26. The predicted octanol–water partition coefficient (Wildman–Crippen LogP) is 2.89. The summed E-state index contributed by atoms with van der Waals surface area (Å²) in [5, 5.41) is 0. The molecule has 1 nitrogen and oxygen atoms in total. The molecule has 1 aliphatic carbocycles. The first kappa shape index (κ1) is 10.7. The lowest BCUT2D eigenvalue weighted by Gasteiger charge is -2.12. The summed E-state index contributed by atoms with van der Waals surface area (Å²) >= 11 is 0. The lowest BCUT2D eigenvalue weighted by atomic mass is 9.94. The Hall–Kier alpha value is -1.34. The van der Waals surface area contributed by atoms with Gasteiger partial charge in [-0.25, -0.2) is 0 Å². The first-order valence-electron chi connectivity index (χ1n) is 4.86. The molecule has 0 heterocycles. The van der Waals surface area contributed by atoms with Crippen molar-refractivity contribution in [1.82, 2.24) is 0 Å². The molecule has 2 N–H and O–H groups in total. The Morgan fingerprint density at radius 2 is 2.36 bits per heavy atom. The van der Waals surface area contributed by atoms with Crippen molar-refractivity contribution in [2.24, 2.45) is 5.73 Å². The van der Waals surface area contributed by atoms with E-state index < -0.39 is 0 Å². The second kappa shape index (κ2) is 5.40. The van der Waals surface area contributed by atoms with E-state index in [9.17, 15) is 0 Å².